The van der Waals surface area contributed by atoms with Crippen molar-refractivity contribution < 1.29 is 19.1 Å². The number of nitrogens with one attached hydrogen (secondary N) is 1. The van der Waals surface area contributed by atoms with Crippen LogP contribution in [0, 0.1) is 6.92 Å². The number of rotatable bonds is 8. The molecule has 1 heterocycles. The van der Waals surface area contributed by atoms with Crippen LogP contribution in [0.15, 0.2) is 82.6 Å². The Balaban J connectivity index is 1.50. The highest BCUT2D eigenvalue weighted by molar-refractivity contribution is 8.04. The van der Waals surface area contributed by atoms with Crippen LogP contribution in [-0.2, 0) is 22.7 Å². The van der Waals surface area contributed by atoms with Crippen molar-refractivity contribution in [1.29, 1.82) is 0 Å². The van der Waals surface area contributed by atoms with Crippen molar-refractivity contribution in [2.24, 2.45) is 0 Å². The minimum absolute atomic E-state index is 0.188. The third-order valence-electron chi connectivity index (χ3n) is 5.55. The van der Waals surface area contributed by atoms with Gasteiger partial charge in [-0.2, -0.15) is 0 Å². The summed E-state index contributed by atoms with van der Waals surface area (Å²) in [6, 6.07) is 21.4. The molecule has 0 radical (unpaired) electrons. The number of benzene rings is 3. The first kappa shape index (κ1) is 24.4. The Morgan fingerprint density at radius 2 is 1.77 bits per heavy atom. The van der Waals surface area contributed by atoms with Gasteiger partial charge in [-0.3, -0.25) is 9.59 Å². The van der Waals surface area contributed by atoms with E-state index in [-0.39, 0.29) is 11.8 Å². The quantitative estimate of drug-likeness (QED) is 0.439. The molecule has 180 valence electrons. The van der Waals surface area contributed by atoms with Crippen molar-refractivity contribution in [1.82, 2.24) is 5.32 Å². The summed E-state index contributed by atoms with van der Waals surface area (Å²) in [5.41, 5.74) is 3.91. The number of para-hydroxylation sites is 1. The molecular weight excluding hydrogens is 460 g/mol. The molecule has 1 aliphatic rings. The van der Waals surface area contributed by atoms with Crippen LogP contribution in [0.3, 0.4) is 0 Å². The van der Waals surface area contributed by atoms with Crippen molar-refractivity contribution in [3.05, 3.63) is 94.4 Å². The normalized spacial score (nSPS) is 14.0. The van der Waals surface area contributed by atoms with Gasteiger partial charge in [0.2, 0.25) is 5.91 Å². The molecule has 0 aromatic heterocycles. The van der Waals surface area contributed by atoms with E-state index in [1.54, 1.807) is 12.0 Å². The average Bonchev–Trinajstić information content (AvgIpc) is 2.87. The maximum Gasteiger partial charge on any atom is 0.265 e. The zero-order chi connectivity index (χ0) is 24.8. The highest BCUT2D eigenvalue weighted by Gasteiger charge is 2.29. The van der Waals surface area contributed by atoms with Crippen molar-refractivity contribution >= 4 is 29.3 Å². The van der Waals surface area contributed by atoms with Crippen LogP contribution in [0.4, 0.5) is 5.69 Å². The first-order valence-electron chi connectivity index (χ1n) is 11.4. The lowest BCUT2D eigenvalue weighted by molar-refractivity contribution is -0.118. The highest BCUT2D eigenvalue weighted by atomic mass is 32.2. The molecule has 0 saturated carbocycles. The lowest BCUT2D eigenvalue weighted by Gasteiger charge is -2.30. The molecule has 2 amide bonds. The summed E-state index contributed by atoms with van der Waals surface area (Å²) in [5.74, 6) is 0.748. The minimum Gasteiger partial charge on any atom is -0.493 e. The fourth-order valence-corrected chi connectivity index (χ4v) is 4.78. The van der Waals surface area contributed by atoms with Crippen LogP contribution >= 0.6 is 11.8 Å². The number of aryl methyl sites for hydroxylation is 1. The van der Waals surface area contributed by atoms with Gasteiger partial charge in [0, 0.05) is 17.5 Å². The lowest BCUT2D eigenvalue weighted by Crippen LogP contribution is -2.34. The number of amides is 2. The van der Waals surface area contributed by atoms with Crippen LogP contribution in [0.2, 0.25) is 0 Å². The second-order valence-electron chi connectivity index (χ2n) is 8.09. The number of fused-ring (bicyclic) bond motifs is 1. The number of nitrogens with zero attached hydrogens (tertiary/aromatic N) is 1. The van der Waals surface area contributed by atoms with E-state index in [9.17, 15) is 9.59 Å². The second kappa shape index (κ2) is 11.1. The van der Waals surface area contributed by atoms with Gasteiger partial charge in [0.25, 0.3) is 5.91 Å². The van der Waals surface area contributed by atoms with E-state index in [0.29, 0.717) is 36.1 Å². The Morgan fingerprint density at radius 1 is 1.03 bits per heavy atom. The minimum atomic E-state index is -0.330. The number of carbonyl (C=O) groups excluding carboxylic acids is 2. The summed E-state index contributed by atoms with van der Waals surface area (Å²) in [6.45, 7) is 5.21. The summed E-state index contributed by atoms with van der Waals surface area (Å²) < 4.78 is 10.9. The fraction of sp³-hybridized carbons (Fsp3) is 0.214. The first-order chi connectivity index (χ1) is 17.0. The predicted octanol–water partition coefficient (Wildman–Crippen LogP) is 5.24. The Bertz CT molecular complexity index is 1250. The van der Waals surface area contributed by atoms with Gasteiger partial charge in [-0.05, 0) is 49.2 Å². The van der Waals surface area contributed by atoms with Gasteiger partial charge in [0.1, 0.15) is 0 Å². The molecule has 3 aromatic carbocycles. The standard InChI is InChI=1S/C28H28N2O4S/c1-4-34-23-14-13-21(15-24(23)33-3)17-29-27(31)16-26-28(32)30(18-20-11-9-19(2)10-12-20)22-7-5-6-8-25(22)35-26/h5-16H,4,17-18H2,1-3H3,(H,29,31). The highest BCUT2D eigenvalue weighted by Crippen LogP contribution is 2.41. The van der Waals surface area contributed by atoms with Crippen molar-refractivity contribution in [2.75, 3.05) is 18.6 Å². The second-order valence-corrected chi connectivity index (χ2v) is 9.18. The van der Waals surface area contributed by atoms with Crippen LogP contribution in [-0.4, -0.2) is 25.5 Å². The van der Waals surface area contributed by atoms with E-state index in [1.165, 1.54) is 17.8 Å². The third-order valence-corrected chi connectivity index (χ3v) is 6.63. The molecule has 6 nitrogen and oxygen atoms in total. The van der Waals surface area contributed by atoms with Gasteiger partial charge in [-0.15, -0.1) is 0 Å². The molecule has 0 saturated heterocycles. The summed E-state index contributed by atoms with van der Waals surface area (Å²) in [5, 5.41) is 2.87. The predicted molar refractivity (Wildman–Crippen MR) is 139 cm³/mol. The van der Waals surface area contributed by atoms with E-state index in [1.807, 2.05) is 80.6 Å². The van der Waals surface area contributed by atoms with E-state index in [4.69, 9.17) is 9.47 Å². The summed E-state index contributed by atoms with van der Waals surface area (Å²) in [6.07, 6.45) is 1.39. The average molecular weight is 489 g/mol. The van der Waals surface area contributed by atoms with Gasteiger partial charge in [0.15, 0.2) is 11.5 Å². The monoisotopic (exact) mass is 488 g/mol. The van der Waals surface area contributed by atoms with Gasteiger partial charge in [-0.25, -0.2) is 0 Å². The van der Waals surface area contributed by atoms with E-state index < -0.39 is 0 Å². The van der Waals surface area contributed by atoms with E-state index >= 15 is 0 Å². The zero-order valence-electron chi connectivity index (χ0n) is 20.0. The maximum atomic E-state index is 13.4. The van der Waals surface area contributed by atoms with Crippen molar-refractivity contribution in [3.8, 4) is 11.5 Å². The van der Waals surface area contributed by atoms with Gasteiger partial charge in [0.05, 0.1) is 30.9 Å². The molecule has 0 aliphatic carbocycles. The Morgan fingerprint density at radius 3 is 2.51 bits per heavy atom. The first-order valence-corrected chi connectivity index (χ1v) is 12.2. The van der Waals surface area contributed by atoms with Crippen LogP contribution in [0.5, 0.6) is 11.5 Å². The lowest BCUT2D eigenvalue weighted by atomic mass is 10.1. The molecule has 7 heteroatoms. The molecule has 0 spiro atoms. The van der Waals surface area contributed by atoms with Crippen LogP contribution in [0.1, 0.15) is 23.6 Å². The number of anilines is 1. The Kier molecular flexibility index (Phi) is 7.77. The van der Waals surface area contributed by atoms with Gasteiger partial charge in [-0.1, -0.05) is 59.8 Å². The molecule has 0 atom stereocenters. The number of thioether (sulfide) groups is 1. The third kappa shape index (κ3) is 5.87. The van der Waals surface area contributed by atoms with Crippen molar-refractivity contribution in [3.63, 3.8) is 0 Å². The smallest absolute Gasteiger partial charge is 0.265 e. The molecule has 0 fully saturated rings. The summed E-state index contributed by atoms with van der Waals surface area (Å²) >= 11 is 1.32. The summed E-state index contributed by atoms with van der Waals surface area (Å²) in [4.78, 5) is 29.2. The number of carbonyl (C=O) groups is 2. The largest absolute Gasteiger partial charge is 0.493 e. The molecule has 3 aromatic rings. The zero-order valence-corrected chi connectivity index (χ0v) is 20.9. The van der Waals surface area contributed by atoms with Crippen molar-refractivity contribution in [2.45, 2.75) is 31.8 Å². The Hall–Kier alpha value is -3.71. The molecule has 4 rings (SSSR count). The number of hydrogen-bond acceptors (Lipinski definition) is 5. The SMILES string of the molecule is CCOc1ccc(CNC(=O)C=C2Sc3ccccc3N(Cc3ccc(C)cc3)C2=O)cc1OC. The molecule has 0 bridgehead atoms. The molecule has 1 aliphatic heterocycles. The molecule has 1 N–H and O–H groups in total. The fourth-order valence-electron chi connectivity index (χ4n) is 3.75. The molecular formula is C28H28N2O4S. The number of ether oxygens (including phenoxy) is 2. The Labute approximate surface area is 209 Å². The van der Waals surface area contributed by atoms with E-state index in [2.05, 4.69) is 5.32 Å². The molecule has 0 unspecified atom stereocenters. The van der Waals surface area contributed by atoms with Crippen LogP contribution in [0.25, 0.3) is 0 Å². The van der Waals surface area contributed by atoms with Gasteiger partial charge >= 0.3 is 0 Å². The summed E-state index contributed by atoms with van der Waals surface area (Å²) in [7, 11) is 1.58. The number of methoxy groups -OCH3 is 1. The topological polar surface area (TPSA) is 67.9 Å². The van der Waals surface area contributed by atoms with Crippen LogP contribution < -0.4 is 19.7 Å². The van der Waals surface area contributed by atoms with Gasteiger partial charge < -0.3 is 19.7 Å². The maximum absolute atomic E-state index is 13.4. The molecule has 35 heavy (non-hydrogen) atoms. The van der Waals surface area contributed by atoms with E-state index in [0.717, 1.165) is 27.3 Å². The number of hydrogen-bond donors (Lipinski definition) is 1.